The zero-order valence-electron chi connectivity index (χ0n) is 9.66. The van der Waals surface area contributed by atoms with Crippen LogP contribution in [0.1, 0.15) is 18.9 Å². The molecule has 1 rings (SSSR count). The van der Waals surface area contributed by atoms with Crippen molar-refractivity contribution in [1.82, 2.24) is 5.32 Å². The molecule has 0 radical (unpaired) electrons. The van der Waals surface area contributed by atoms with E-state index in [0.29, 0.717) is 18.5 Å². The normalized spacial score (nSPS) is 11.5. The first-order chi connectivity index (χ1) is 7.77. The van der Waals surface area contributed by atoms with Crippen molar-refractivity contribution in [3.8, 4) is 0 Å². The minimum Gasteiger partial charge on any atom is -0.472 e. The molecule has 1 aromatic rings. The number of furan rings is 1. The molecule has 1 N–H and O–H groups in total. The van der Waals surface area contributed by atoms with Crippen LogP contribution in [0.2, 0.25) is 0 Å². The number of carbonyl (C=O) groups is 1. The highest BCUT2D eigenvalue weighted by atomic mass is 16.5. The van der Waals surface area contributed by atoms with Crippen molar-refractivity contribution < 1.29 is 13.9 Å². The van der Waals surface area contributed by atoms with Gasteiger partial charge in [-0.3, -0.25) is 0 Å². The van der Waals surface area contributed by atoms with E-state index in [1.807, 2.05) is 19.1 Å². The summed E-state index contributed by atoms with van der Waals surface area (Å²) in [5.41, 5.74) is 1.78. The van der Waals surface area contributed by atoms with Gasteiger partial charge in [0.2, 0.25) is 0 Å². The molecule has 4 heteroatoms. The number of hydrogen-bond acceptors (Lipinski definition) is 4. The van der Waals surface area contributed by atoms with Crippen molar-refractivity contribution in [2.75, 3.05) is 13.7 Å². The summed E-state index contributed by atoms with van der Waals surface area (Å²) in [5.74, 6) is -0.257. The predicted octanol–water partition coefficient (Wildman–Crippen LogP) is 1.88. The number of carbonyl (C=O) groups excluding carboxylic acids is 1. The Morgan fingerprint density at radius 1 is 1.62 bits per heavy atom. The fourth-order valence-corrected chi connectivity index (χ4v) is 1.31. The summed E-state index contributed by atoms with van der Waals surface area (Å²) in [7, 11) is 1.39. The van der Waals surface area contributed by atoms with Crippen LogP contribution in [0, 0.1) is 0 Å². The predicted molar refractivity (Wildman–Crippen MR) is 60.8 cm³/mol. The molecule has 88 valence electrons. The number of methoxy groups -OCH3 is 1. The Bertz CT molecular complexity index is 341. The van der Waals surface area contributed by atoms with E-state index >= 15 is 0 Å². The second-order valence-corrected chi connectivity index (χ2v) is 3.34. The maximum Gasteiger partial charge on any atom is 0.333 e. The van der Waals surface area contributed by atoms with E-state index in [-0.39, 0.29) is 5.97 Å². The van der Waals surface area contributed by atoms with Crippen LogP contribution in [-0.4, -0.2) is 19.6 Å². The Labute approximate surface area is 95.3 Å². The summed E-state index contributed by atoms with van der Waals surface area (Å²) in [6, 6.07) is 1.90. The van der Waals surface area contributed by atoms with Gasteiger partial charge in [-0.05, 0) is 12.5 Å². The topological polar surface area (TPSA) is 51.5 Å². The average molecular weight is 223 g/mol. The summed E-state index contributed by atoms with van der Waals surface area (Å²) < 4.78 is 9.60. The SMILES string of the molecule is CC/C(=C/CNCc1ccoc1)C(=O)OC. The molecule has 0 bridgehead atoms. The standard InChI is InChI=1S/C12H17NO3/c1-3-11(12(14)15-2)4-6-13-8-10-5-7-16-9-10/h4-5,7,9,13H,3,6,8H2,1-2H3/b11-4-. The molecule has 0 aromatic carbocycles. The van der Waals surface area contributed by atoms with Crippen molar-refractivity contribution in [2.45, 2.75) is 19.9 Å². The molecule has 0 aliphatic heterocycles. The Balaban J connectivity index is 2.32. The van der Waals surface area contributed by atoms with E-state index in [4.69, 9.17) is 4.42 Å². The van der Waals surface area contributed by atoms with E-state index < -0.39 is 0 Å². The van der Waals surface area contributed by atoms with Gasteiger partial charge in [0.25, 0.3) is 0 Å². The van der Waals surface area contributed by atoms with Crippen LogP contribution in [0.3, 0.4) is 0 Å². The molecule has 4 nitrogen and oxygen atoms in total. The van der Waals surface area contributed by atoms with Crippen LogP contribution in [-0.2, 0) is 16.1 Å². The molecule has 0 fully saturated rings. The first-order valence-electron chi connectivity index (χ1n) is 5.27. The summed E-state index contributed by atoms with van der Waals surface area (Å²) in [6.45, 7) is 3.30. The number of esters is 1. The smallest absolute Gasteiger partial charge is 0.333 e. The fraction of sp³-hybridized carbons (Fsp3) is 0.417. The molecule has 0 atom stereocenters. The molecular weight excluding hydrogens is 206 g/mol. The van der Waals surface area contributed by atoms with Crippen molar-refractivity contribution in [2.24, 2.45) is 0 Å². The first-order valence-corrected chi connectivity index (χ1v) is 5.27. The van der Waals surface area contributed by atoms with Gasteiger partial charge < -0.3 is 14.5 Å². The highest BCUT2D eigenvalue weighted by molar-refractivity contribution is 5.88. The quantitative estimate of drug-likeness (QED) is 0.454. The fourth-order valence-electron chi connectivity index (χ4n) is 1.31. The number of nitrogens with one attached hydrogen (secondary N) is 1. The second-order valence-electron chi connectivity index (χ2n) is 3.34. The molecule has 0 aliphatic rings. The minimum absolute atomic E-state index is 0.257. The first kappa shape index (κ1) is 12.5. The summed E-state index contributed by atoms with van der Waals surface area (Å²) >= 11 is 0. The van der Waals surface area contributed by atoms with E-state index in [1.165, 1.54) is 7.11 Å². The van der Waals surface area contributed by atoms with E-state index in [1.54, 1.807) is 12.5 Å². The lowest BCUT2D eigenvalue weighted by molar-refractivity contribution is -0.136. The molecule has 1 aromatic heterocycles. The molecule has 0 amide bonds. The molecule has 0 saturated carbocycles. The molecule has 0 spiro atoms. The van der Waals surface area contributed by atoms with Crippen LogP contribution < -0.4 is 5.32 Å². The third kappa shape index (κ3) is 3.90. The number of ether oxygens (including phenoxy) is 1. The summed E-state index contributed by atoms with van der Waals surface area (Å²) in [5, 5.41) is 3.19. The highest BCUT2D eigenvalue weighted by Crippen LogP contribution is 2.02. The summed E-state index contributed by atoms with van der Waals surface area (Å²) in [4.78, 5) is 11.2. The lowest BCUT2D eigenvalue weighted by Crippen LogP contribution is -2.14. The maximum atomic E-state index is 11.2. The van der Waals surface area contributed by atoms with Gasteiger partial charge in [0, 0.05) is 24.2 Å². The number of rotatable bonds is 6. The molecule has 16 heavy (non-hydrogen) atoms. The van der Waals surface area contributed by atoms with Crippen molar-refractivity contribution in [1.29, 1.82) is 0 Å². The Morgan fingerprint density at radius 3 is 3.00 bits per heavy atom. The Hall–Kier alpha value is -1.55. The molecule has 0 saturated heterocycles. The van der Waals surface area contributed by atoms with Crippen LogP contribution in [0.25, 0.3) is 0 Å². The van der Waals surface area contributed by atoms with Gasteiger partial charge in [0.1, 0.15) is 0 Å². The Kier molecular flexibility index (Phi) is 5.36. The lowest BCUT2D eigenvalue weighted by atomic mass is 10.2. The lowest BCUT2D eigenvalue weighted by Gasteiger charge is -2.03. The van der Waals surface area contributed by atoms with Gasteiger partial charge >= 0.3 is 5.97 Å². The number of hydrogen-bond donors (Lipinski definition) is 1. The van der Waals surface area contributed by atoms with Gasteiger partial charge in [-0.15, -0.1) is 0 Å². The van der Waals surface area contributed by atoms with Crippen molar-refractivity contribution >= 4 is 5.97 Å². The Morgan fingerprint density at radius 2 is 2.44 bits per heavy atom. The van der Waals surface area contributed by atoms with Crippen molar-refractivity contribution in [3.05, 3.63) is 35.8 Å². The minimum atomic E-state index is -0.257. The zero-order valence-corrected chi connectivity index (χ0v) is 9.66. The average Bonchev–Trinajstić information content (AvgIpc) is 2.81. The monoisotopic (exact) mass is 223 g/mol. The molecule has 0 unspecified atom stereocenters. The van der Waals surface area contributed by atoms with Crippen LogP contribution in [0.15, 0.2) is 34.7 Å². The van der Waals surface area contributed by atoms with Crippen LogP contribution >= 0.6 is 0 Å². The van der Waals surface area contributed by atoms with Crippen molar-refractivity contribution in [3.63, 3.8) is 0 Å². The third-order valence-electron chi connectivity index (χ3n) is 2.23. The van der Waals surface area contributed by atoms with E-state index in [0.717, 1.165) is 12.1 Å². The maximum absolute atomic E-state index is 11.2. The second kappa shape index (κ2) is 6.85. The molecule has 0 aliphatic carbocycles. The van der Waals surface area contributed by atoms with Gasteiger partial charge in [-0.2, -0.15) is 0 Å². The molecular formula is C12H17NO3. The van der Waals surface area contributed by atoms with Gasteiger partial charge in [-0.1, -0.05) is 13.0 Å². The third-order valence-corrected chi connectivity index (χ3v) is 2.23. The van der Waals surface area contributed by atoms with Gasteiger partial charge in [0.15, 0.2) is 0 Å². The molecule has 1 heterocycles. The largest absolute Gasteiger partial charge is 0.472 e. The summed E-state index contributed by atoms with van der Waals surface area (Å²) in [6.07, 6.45) is 5.86. The van der Waals surface area contributed by atoms with Crippen LogP contribution in [0.5, 0.6) is 0 Å². The van der Waals surface area contributed by atoms with Gasteiger partial charge in [0.05, 0.1) is 19.6 Å². The zero-order chi connectivity index (χ0) is 11.8. The van der Waals surface area contributed by atoms with Crippen LogP contribution in [0.4, 0.5) is 0 Å². The van der Waals surface area contributed by atoms with E-state index in [9.17, 15) is 4.79 Å². The van der Waals surface area contributed by atoms with Gasteiger partial charge in [-0.25, -0.2) is 4.79 Å². The van der Waals surface area contributed by atoms with E-state index in [2.05, 4.69) is 10.1 Å². The highest BCUT2D eigenvalue weighted by Gasteiger charge is 2.05.